The van der Waals surface area contributed by atoms with Crippen LogP contribution in [0.5, 0.6) is 0 Å². The maximum absolute atomic E-state index is 12.7. The summed E-state index contributed by atoms with van der Waals surface area (Å²) in [5.74, 6) is -0.377. The van der Waals surface area contributed by atoms with Gasteiger partial charge in [-0.05, 0) is 24.6 Å². The van der Waals surface area contributed by atoms with Gasteiger partial charge in [-0.3, -0.25) is 5.32 Å². The van der Waals surface area contributed by atoms with E-state index in [-0.39, 0.29) is 12.4 Å². The van der Waals surface area contributed by atoms with Crippen molar-refractivity contribution in [3.63, 3.8) is 0 Å². The Labute approximate surface area is 118 Å². The molecule has 2 amide bonds. The van der Waals surface area contributed by atoms with Crippen LogP contribution < -0.4 is 10.6 Å². The second-order valence-corrected chi connectivity index (χ2v) is 5.21. The number of nitrogens with one attached hydrogen (secondary N) is 2. The summed E-state index contributed by atoms with van der Waals surface area (Å²) in [7, 11) is 0. The topological polar surface area (TPSA) is 87.1 Å². The lowest BCUT2D eigenvalue weighted by molar-refractivity contribution is 0.175. The summed E-state index contributed by atoms with van der Waals surface area (Å²) < 4.78 is 12.7. The van der Waals surface area contributed by atoms with Crippen molar-refractivity contribution in [3.05, 3.63) is 40.7 Å². The van der Waals surface area contributed by atoms with E-state index in [1.807, 2.05) is 0 Å². The van der Waals surface area contributed by atoms with Crippen molar-refractivity contribution < 1.29 is 14.3 Å². The molecule has 6 nitrogen and oxygen atoms in total. The number of nitrogens with zero attached hydrogens (tertiary/aromatic N) is 2. The van der Waals surface area contributed by atoms with Gasteiger partial charge >= 0.3 is 6.03 Å². The highest BCUT2D eigenvalue weighted by atomic mass is 32.1. The minimum Gasteiger partial charge on any atom is -0.387 e. The number of hydrogen-bond donors (Lipinski definition) is 3. The van der Waals surface area contributed by atoms with Crippen LogP contribution in [-0.4, -0.2) is 27.9 Å². The van der Waals surface area contributed by atoms with E-state index in [9.17, 15) is 14.3 Å². The fraction of sp³-hybridized carbons (Fsp3) is 0.250. The minimum absolute atomic E-state index is 0.00918. The number of urea groups is 1. The molecule has 0 aliphatic heterocycles. The summed E-state index contributed by atoms with van der Waals surface area (Å²) in [6.45, 7) is 1.79. The van der Waals surface area contributed by atoms with Gasteiger partial charge in [-0.25, -0.2) is 9.18 Å². The standard InChI is InChI=1S/C12H13FN4O2S/c1-7-16-17-12(20-7)15-11(19)14-6-10(18)8-2-4-9(13)5-3-8/h2-5,10,18H,6H2,1H3,(H2,14,15,17,19)/t10-/m0/s1. The third-order valence-corrected chi connectivity index (χ3v) is 3.21. The molecule has 3 N–H and O–H groups in total. The number of carbonyl (C=O) groups is 1. The third kappa shape index (κ3) is 3.97. The summed E-state index contributed by atoms with van der Waals surface area (Å²) in [5, 5.41) is 23.5. The van der Waals surface area contributed by atoms with Gasteiger partial charge in [0.25, 0.3) is 0 Å². The van der Waals surface area contributed by atoms with Gasteiger partial charge in [0.1, 0.15) is 10.8 Å². The molecule has 0 fully saturated rings. The molecule has 106 valence electrons. The van der Waals surface area contributed by atoms with Crippen LogP contribution in [0.3, 0.4) is 0 Å². The van der Waals surface area contributed by atoms with E-state index in [1.54, 1.807) is 6.92 Å². The van der Waals surface area contributed by atoms with Gasteiger partial charge in [0, 0.05) is 6.54 Å². The Bertz CT molecular complexity index is 587. The highest BCUT2D eigenvalue weighted by Gasteiger charge is 2.10. The molecule has 1 aromatic carbocycles. The highest BCUT2D eigenvalue weighted by Crippen LogP contribution is 2.14. The molecule has 0 aliphatic rings. The Morgan fingerprint density at radius 3 is 2.70 bits per heavy atom. The maximum atomic E-state index is 12.7. The van der Waals surface area contributed by atoms with Gasteiger partial charge in [-0.15, -0.1) is 10.2 Å². The summed E-state index contributed by atoms with van der Waals surface area (Å²) in [6, 6.07) is 4.95. The van der Waals surface area contributed by atoms with E-state index in [4.69, 9.17) is 0 Å². The van der Waals surface area contributed by atoms with Crippen LogP contribution in [-0.2, 0) is 0 Å². The number of anilines is 1. The van der Waals surface area contributed by atoms with Crippen LogP contribution in [0, 0.1) is 12.7 Å². The number of aliphatic hydroxyl groups is 1. The van der Waals surface area contributed by atoms with Crippen molar-refractivity contribution in [2.75, 3.05) is 11.9 Å². The molecule has 1 heterocycles. The monoisotopic (exact) mass is 296 g/mol. The van der Waals surface area contributed by atoms with Crippen LogP contribution in [0.2, 0.25) is 0 Å². The van der Waals surface area contributed by atoms with Gasteiger partial charge in [0.15, 0.2) is 0 Å². The van der Waals surface area contributed by atoms with Crippen molar-refractivity contribution in [1.29, 1.82) is 0 Å². The van der Waals surface area contributed by atoms with Gasteiger partial charge in [0.2, 0.25) is 5.13 Å². The number of amides is 2. The van der Waals surface area contributed by atoms with E-state index in [0.29, 0.717) is 10.7 Å². The second kappa shape index (κ2) is 6.40. The van der Waals surface area contributed by atoms with E-state index < -0.39 is 12.1 Å². The lowest BCUT2D eigenvalue weighted by atomic mass is 10.1. The smallest absolute Gasteiger partial charge is 0.321 e. The Hall–Kier alpha value is -2.06. The largest absolute Gasteiger partial charge is 0.387 e. The number of aromatic nitrogens is 2. The Morgan fingerprint density at radius 2 is 2.10 bits per heavy atom. The minimum atomic E-state index is -0.905. The number of halogens is 1. The summed E-state index contributed by atoms with van der Waals surface area (Å²) >= 11 is 1.25. The molecule has 0 aliphatic carbocycles. The number of aliphatic hydroxyl groups excluding tert-OH is 1. The van der Waals surface area contributed by atoms with E-state index >= 15 is 0 Å². The molecule has 0 bridgehead atoms. The van der Waals surface area contributed by atoms with Crippen molar-refractivity contribution in [2.45, 2.75) is 13.0 Å². The zero-order valence-electron chi connectivity index (χ0n) is 10.6. The van der Waals surface area contributed by atoms with E-state index in [1.165, 1.54) is 35.6 Å². The predicted octanol–water partition coefficient (Wildman–Crippen LogP) is 1.84. The molecule has 2 aromatic rings. The first-order valence-electron chi connectivity index (χ1n) is 5.83. The molecular weight excluding hydrogens is 283 g/mol. The summed E-state index contributed by atoms with van der Waals surface area (Å²) in [6.07, 6.45) is -0.905. The first kappa shape index (κ1) is 14.4. The Balaban J connectivity index is 1.82. The molecule has 0 saturated heterocycles. The molecule has 0 radical (unpaired) electrons. The normalized spacial score (nSPS) is 11.9. The molecule has 20 heavy (non-hydrogen) atoms. The molecule has 1 aromatic heterocycles. The number of aryl methyl sites for hydroxylation is 1. The van der Waals surface area contributed by atoms with Gasteiger partial charge < -0.3 is 10.4 Å². The maximum Gasteiger partial charge on any atom is 0.321 e. The van der Waals surface area contributed by atoms with Crippen molar-refractivity contribution in [3.8, 4) is 0 Å². The van der Waals surface area contributed by atoms with Crippen LogP contribution >= 0.6 is 11.3 Å². The quantitative estimate of drug-likeness (QED) is 0.803. The van der Waals surface area contributed by atoms with E-state index in [0.717, 1.165) is 5.01 Å². The van der Waals surface area contributed by atoms with E-state index in [2.05, 4.69) is 20.8 Å². The average molecular weight is 296 g/mol. The summed E-state index contributed by atoms with van der Waals surface area (Å²) in [5.41, 5.74) is 0.526. The Kier molecular flexibility index (Phi) is 4.59. The van der Waals surface area contributed by atoms with Crippen molar-refractivity contribution >= 4 is 22.5 Å². The average Bonchev–Trinajstić information content (AvgIpc) is 2.82. The molecule has 8 heteroatoms. The fourth-order valence-electron chi connectivity index (χ4n) is 1.48. The zero-order valence-corrected chi connectivity index (χ0v) is 11.4. The van der Waals surface area contributed by atoms with Crippen molar-refractivity contribution in [1.82, 2.24) is 15.5 Å². The van der Waals surface area contributed by atoms with Crippen LogP contribution in [0.25, 0.3) is 0 Å². The molecule has 1 atom stereocenters. The molecule has 2 rings (SSSR count). The number of benzene rings is 1. The molecule has 0 spiro atoms. The first-order chi connectivity index (χ1) is 9.54. The number of hydrogen-bond acceptors (Lipinski definition) is 5. The van der Waals surface area contributed by atoms with Gasteiger partial charge in [-0.2, -0.15) is 0 Å². The highest BCUT2D eigenvalue weighted by molar-refractivity contribution is 7.15. The van der Waals surface area contributed by atoms with Gasteiger partial charge in [-0.1, -0.05) is 23.5 Å². The zero-order chi connectivity index (χ0) is 14.5. The lowest BCUT2D eigenvalue weighted by Gasteiger charge is -2.12. The molecule has 0 saturated carbocycles. The van der Waals surface area contributed by atoms with Crippen LogP contribution in [0.4, 0.5) is 14.3 Å². The van der Waals surface area contributed by atoms with Crippen LogP contribution in [0.1, 0.15) is 16.7 Å². The molecule has 0 unspecified atom stereocenters. The third-order valence-electron chi connectivity index (χ3n) is 2.46. The lowest BCUT2D eigenvalue weighted by Crippen LogP contribution is -2.32. The Morgan fingerprint density at radius 1 is 1.40 bits per heavy atom. The van der Waals surface area contributed by atoms with Crippen LogP contribution in [0.15, 0.2) is 24.3 Å². The first-order valence-corrected chi connectivity index (χ1v) is 6.65. The predicted molar refractivity (Wildman–Crippen MR) is 73.0 cm³/mol. The SMILES string of the molecule is Cc1nnc(NC(=O)NC[C@H](O)c2ccc(F)cc2)s1. The number of rotatable bonds is 4. The second-order valence-electron chi connectivity index (χ2n) is 4.03. The van der Waals surface area contributed by atoms with Crippen molar-refractivity contribution in [2.24, 2.45) is 0 Å². The molecular formula is C12H13FN4O2S. The fourth-order valence-corrected chi connectivity index (χ4v) is 2.07. The van der Waals surface area contributed by atoms with Gasteiger partial charge in [0.05, 0.1) is 6.10 Å². The number of carbonyl (C=O) groups excluding carboxylic acids is 1. The summed E-state index contributed by atoms with van der Waals surface area (Å²) in [4.78, 5) is 11.6.